The van der Waals surface area contributed by atoms with E-state index in [-0.39, 0.29) is 11.7 Å². The number of hydrogen-bond acceptors (Lipinski definition) is 5. The highest BCUT2D eigenvalue weighted by Crippen LogP contribution is 2.33. The van der Waals surface area contributed by atoms with E-state index in [9.17, 15) is 9.59 Å². The molecule has 4 aromatic rings. The van der Waals surface area contributed by atoms with E-state index in [0.29, 0.717) is 29.8 Å². The number of hydrogen-bond donors (Lipinski definition) is 1. The Balaban J connectivity index is 1.23. The number of Topliss-reactive ketones (excluding diaryl/α,β-unsaturated/α-hetero) is 1. The van der Waals surface area contributed by atoms with E-state index in [4.69, 9.17) is 9.72 Å². The second-order valence-electron chi connectivity index (χ2n) is 8.96. The van der Waals surface area contributed by atoms with E-state index in [1.165, 1.54) is 0 Å². The van der Waals surface area contributed by atoms with Gasteiger partial charge in [-0.05, 0) is 37.6 Å². The fourth-order valence-corrected chi connectivity index (χ4v) is 4.83. The Morgan fingerprint density at radius 3 is 2.56 bits per heavy atom. The number of amides is 1. The number of fused-ring (bicyclic) bond motifs is 1. The molecule has 5 rings (SSSR count). The van der Waals surface area contributed by atoms with Crippen LogP contribution in [-0.2, 0) is 6.54 Å². The number of nitrogens with zero attached hydrogens (tertiary/aromatic N) is 1. The molecule has 3 aromatic carbocycles. The van der Waals surface area contributed by atoms with E-state index in [1.54, 1.807) is 29.5 Å². The van der Waals surface area contributed by atoms with Gasteiger partial charge in [-0.1, -0.05) is 54.6 Å². The first-order valence-corrected chi connectivity index (χ1v) is 12.0. The molecule has 0 unspecified atom stereocenters. The third kappa shape index (κ3) is 4.63. The first-order chi connectivity index (χ1) is 16.4. The maximum atomic E-state index is 12.7. The van der Waals surface area contributed by atoms with Crippen molar-refractivity contribution in [1.29, 1.82) is 0 Å². The van der Waals surface area contributed by atoms with Crippen molar-refractivity contribution >= 4 is 23.0 Å². The van der Waals surface area contributed by atoms with Gasteiger partial charge in [-0.15, -0.1) is 11.3 Å². The number of ether oxygens (including phenoxy) is 1. The summed E-state index contributed by atoms with van der Waals surface area (Å²) in [4.78, 5) is 29.9. The van der Waals surface area contributed by atoms with Crippen molar-refractivity contribution in [3.8, 4) is 27.6 Å². The molecule has 1 aliphatic heterocycles. The highest BCUT2D eigenvalue weighted by Gasteiger charge is 2.32. The minimum Gasteiger partial charge on any atom is -0.487 e. The number of nitrogens with one attached hydrogen (secondary N) is 1. The van der Waals surface area contributed by atoms with Crippen LogP contribution in [0.2, 0.25) is 0 Å². The molecular formula is C28H24N2O3S. The van der Waals surface area contributed by atoms with Gasteiger partial charge >= 0.3 is 0 Å². The molecule has 2 heterocycles. The molecule has 0 fully saturated rings. The van der Waals surface area contributed by atoms with Gasteiger partial charge in [-0.3, -0.25) is 9.59 Å². The van der Waals surface area contributed by atoms with E-state index >= 15 is 0 Å². The number of benzene rings is 3. The number of aromatic nitrogens is 1. The Morgan fingerprint density at radius 2 is 1.79 bits per heavy atom. The van der Waals surface area contributed by atoms with Crippen molar-refractivity contribution in [2.75, 3.05) is 0 Å². The lowest BCUT2D eigenvalue weighted by atomic mass is 9.92. The SMILES string of the molecule is CC1(C)CC(=O)c2cc(C(=O)NCc3ccc(-c4nc(-c5ccccc5)cs4)cc3)ccc2O1. The molecule has 1 aromatic heterocycles. The van der Waals surface area contributed by atoms with Crippen LogP contribution in [0.4, 0.5) is 0 Å². The largest absolute Gasteiger partial charge is 0.487 e. The molecule has 0 spiro atoms. The Labute approximate surface area is 202 Å². The van der Waals surface area contributed by atoms with Crippen LogP contribution in [0.25, 0.3) is 21.8 Å². The lowest BCUT2D eigenvalue weighted by Crippen LogP contribution is -2.36. The molecule has 0 atom stereocenters. The van der Waals surface area contributed by atoms with Crippen molar-refractivity contribution < 1.29 is 14.3 Å². The van der Waals surface area contributed by atoms with Crippen molar-refractivity contribution in [3.05, 3.63) is 94.9 Å². The molecule has 0 bridgehead atoms. The van der Waals surface area contributed by atoms with Gasteiger partial charge in [0, 0.05) is 28.6 Å². The number of rotatable bonds is 5. The zero-order valence-electron chi connectivity index (χ0n) is 19.0. The molecule has 0 saturated carbocycles. The summed E-state index contributed by atoms with van der Waals surface area (Å²) in [6.45, 7) is 4.16. The normalized spacial score (nSPS) is 14.2. The van der Waals surface area contributed by atoms with Crippen LogP contribution >= 0.6 is 11.3 Å². The van der Waals surface area contributed by atoms with Crippen molar-refractivity contribution in [2.24, 2.45) is 0 Å². The standard InChI is InChI=1S/C28H24N2O3S/c1-28(2)15-24(31)22-14-21(12-13-25(22)33-28)26(32)29-16-18-8-10-20(11-9-18)27-30-23(17-34-27)19-6-4-3-5-7-19/h3-14,17H,15-16H2,1-2H3,(H,29,32). The first-order valence-electron chi connectivity index (χ1n) is 11.1. The zero-order chi connectivity index (χ0) is 23.7. The lowest BCUT2D eigenvalue weighted by molar-refractivity contribution is 0.0620. The van der Waals surface area contributed by atoms with E-state index in [2.05, 4.69) is 22.8 Å². The third-order valence-corrected chi connectivity index (χ3v) is 6.63. The molecule has 0 saturated heterocycles. The van der Waals surface area contributed by atoms with Gasteiger partial charge < -0.3 is 10.1 Å². The fraction of sp³-hybridized carbons (Fsp3) is 0.179. The molecule has 1 aliphatic rings. The molecule has 0 radical (unpaired) electrons. The highest BCUT2D eigenvalue weighted by molar-refractivity contribution is 7.13. The maximum Gasteiger partial charge on any atom is 0.251 e. The van der Waals surface area contributed by atoms with Gasteiger partial charge in [0.25, 0.3) is 5.91 Å². The number of ketones is 1. The average Bonchev–Trinajstić information content (AvgIpc) is 3.33. The monoisotopic (exact) mass is 468 g/mol. The van der Waals surface area contributed by atoms with Gasteiger partial charge in [0.1, 0.15) is 16.4 Å². The van der Waals surface area contributed by atoms with Gasteiger partial charge in [0.15, 0.2) is 5.78 Å². The predicted octanol–water partition coefficient (Wildman–Crippen LogP) is 6.15. The van der Waals surface area contributed by atoms with Gasteiger partial charge in [0.05, 0.1) is 17.7 Å². The molecule has 6 heteroatoms. The summed E-state index contributed by atoms with van der Waals surface area (Å²) in [5, 5.41) is 5.95. The van der Waals surface area contributed by atoms with E-state index in [0.717, 1.165) is 27.4 Å². The Morgan fingerprint density at radius 1 is 1.03 bits per heavy atom. The predicted molar refractivity (Wildman–Crippen MR) is 134 cm³/mol. The van der Waals surface area contributed by atoms with Crippen molar-refractivity contribution in [2.45, 2.75) is 32.4 Å². The van der Waals surface area contributed by atoms with Crippen LogP contribution in [0.1, 0.15) is 46.5 Å². The number of thiazole rings is 1. The first kappa shape index (κ1) is 22.0. The van der Waals surface area contributed by atoms with Gasteiger partial charge in [-0.25, -0.2) is 4.98 Å². The van der Waals surface area contributed by atoms with Crippen molar-refractivity contribution in [3.63, 3.8) is 0 Å². The van der Waals surface area contributed by atoms with E-state index in [1.807, 2.05) is 56.3 Å². The second-order valence-corrected chi connectivity index (χ2v) is 9.81. The van der Waals surface area contributed by atoms with Crippen LogP contribution in [0.15, 0.2) is 78.2 Å². The number of carbonyl (C=O) groups excluding carboxylic acids is 2. The lowest BCUT2D eigenvalue weighted by Gasteiger charge is -2.31. The van der Waals surface area contributed by atoms with Crippen LogP contribution in [-0.4, -0.2) is 22.3 Å². The Bertz CT molecular complexity index is 1360. The summed E-state index contributed by atoms with van der Waals surface area (Å²) in [6.07, 6.45) is 0.295. The molecule has 5 nitrogen and oxygen atoms in total. The second kappa shape index (κ2) is 8.88. The van der Waals surface area contributed by atoms with Crippen LogP contribution in [0, 0.1) is 0 Å². The van der Waals surface area contributed by atoms with Crippen LogP contribution < -0.4 is 10.1 Å². The zero-order valence-corrected chi connectivity index (χ0v) is 19.8. The Kier molecular flexibility index (Phi) is 5.75. The summed E-state index contributed by atoms with van der Waals surface area (Å²) in [6, 6.07) is 23.2. The molecule has 1 N–H and O–H groups in total. The van der Waals surface area contributed by atoms with Gasteiger partial charge in [-0.2, -0.15) is 0 Å². The fourth-order valence-electron chi connectivity index (χ4n) is 3.99. The Hall–Kier alpha value is -3.77. The average molecular weight is 469 g/mol. The molecule has 170 valence electrons. The van der Waals surface area contributed by atoms with E-state index < -0.39 is 5.60 Å². The van der Waals surface area contributed by atoms with Crippen LogP contribution in [0.3, 0.4) is 0 Å². The smallest absolute Gasteiger partial charge is 0.251 e. The number of carbonyl (C=O) groups is 2. The van der Waals surface area contributed by atoms with Crippen LogP contribution in [0.5, 0.6) is 5.75 Å². The minimum absolute atomic E-state index is 0.00547. The molecule has 0 aliphatic carbocycles. The molecule has 1 amide bonds. The summed E-state index contributed by atoms with van der Waals surface area (Å²) in [5.41, 5.74) is 4.48. The highest BCUT2D eigenvalue weighted by atomic mass is 32.1. The minimum atomic E-state index is -0.526. The van der Waals surface area contributed by atoms with Crippen molar-refractivity contribution in [1.82, 2.24) is 10.3 Å². The molecule has 34 heavy (non-hydrogen) atoms. The summed E-state index contributed by atoms with van der Waals surface area (Å²) >= 11 is 1.61. The summed E-state index contributed by atoms with van der Waals surface area (Å²) in [5.74, 6) is 0.303. The topological polar surface area (TPSA) is 68.3 Å². The third-order valence-electron chi connectivity index (χ3n) is 5.74. The quantitative estimate of drug-likeness (QED) is 0.381. The maximum absolute atomic E-state index is 12.7. The summed E-state index contributed by atoms with van der Waals surface area (Å²) in [7, 11) is 0. The summed E-state index contributed by atoms with van der Waals surface area (Å²) < 4.78 is 5.87. The van der Waals surface area contributed by atoms with Gasteiger partial charge in [0.2, 0.25) is 0 Å². The molecular weight excluding hydrogens is 444 g/mol.